The molecule has 17 amide bonds. The maximum Gasteiger partial charge on any atom is 0.246 e. The van der Waals surface area contributed by atoms with Gasteiger partial charge in [0.15, 0.2) is 11.9 Å². The number of aliphatic hydroxyl groups excluding tert-OH is 1. The molecular formula is C97H153N31O20. The fourth-order valence-electron chi connectivity index (χ4n) is 16.9. The van der Waals surface area contributed by atoms with E-state index < -0.39 is 251 Å². The monoisotopic (exact) mass is 2070 g/mol. The van der Waals surface area contributed by atoms with Crippen molar-refractivity contribution < 1.29 is 96.1 Å². The molecule has 7 rings (SSSR count). The van der Waals surface area contributed by atoms with E-state index >= 15 is 24.0 Å². The third kappa shape index (κ3) is 46.1. The number of nitrogens with two attached hydrogens (primary N) is 5. The van der Waals surface area contributed by atoms with Crippen molar-refractivity contribution in [1.82, 2.24) is 125 Å². The highest BCUT2D eigenvalue weighted by molar-refractivity contribution is 6.01. The largest absolute Gasteiger partial charge is 0.391 e. The number of aliphatic hydroxyl groups is 1. The number of tetrazole rings is 1. The number of unbranched alkanes of at least 4 members (excludes halogenated alkanes) is 13. The second-order valence-electron chi connectivity index (χ2n) is 37.4. The third-order valence-electron chi connectivity index (χ3n) is 25.0. The number of rotatable bonds is 62. The molecule has 30 N–H and O–H groups in total. The van der Waals surface area contributed by atoms with E-state index in [0.29, 0.717) is 34.9 Å². The fourth-order valence-corrected chi connectivity index (χ4v) is 16.9. The number of hydrogen-bond donors (Lipinski definition) is 25. The standard InChI is InChI=1S/C97H153N31O20/c1-4-5-30-68(86(137)117-72-38-41-82(133)106-42-25-24-32-67(85(100)136)114-91(142)74(51-62-54-109-66-31-23-22-29-65(62)66)118-87(138)69(33-26-43-108-96(101)102)115-90(141)73(50-61-27-18-17-19-28-61)119-93(144)77-53-64(129)57-128(77)95(72)146)112-83(134)58-127(46-45-126(2)3)94(145)75(52-63-55-105-60-111-63)120-89(140)71(37-40-79(99)131)116-92(143)76(56-110-97(103)104)121-88(139)70(36-39-78(98)130)113-84(135)59-148-49-48-147-47-44-107-81(132)35-21-16-14-12-10-8-6-7-9-11-13-15-20-34-80-122-124-125-123-80/h17-19,22-23,27-29,31,54-55,60,64,67-77,109,129H,4-16,20-21,24-26,30,32-53,56-59H2,1-3H3,(H2,98,130)(H2,99,131)(H2,100,136)(H,105,111)(H,106,133)(H,107,132)(H,112,134)(H,113,135)(H,114,142)(H,115,141)(H,116,143)(H,117,137)(H,118,138)(H,119,144)(H,120,140)(H,121,139)(H4,101,102,108)(H4,103,104,110)(H,122,123,124,125)/t64-,67+,68+,69+,70+,71+,72+,73-,74+,75+,76+,77+/m1/s1. The number of nitrogens with zero attached hydrogens (tertiary/aromatic N) is 7. The predicted molar refractivity (Wildman–Crippen MR) is 543 cm³/mol. The van der Waals surface area contributed by atoms with Crippen molar-refractivity contribution in [2.24, 2.45) is 28.7 Å². The van der Waals surface area contributed by atoms with Gasteiger partial charge in [-0.25, -0.2) is 10.1 Å². The summed E-state index contributed by atoms with van der Waals surface area (Å²) < 4.78 is 11.1. The molecule has 2 fully saturated rings. The number of carbonyl (C=O) groups is 17. The second-order valence-corrected chi connectivity index (χ2v) is 37.4. The van der Waals surface area contributed by atoms with Crippen LogP contribution in [0.3, 0.4) is 0 Å². The number of primary amides is 3. The molecule has 816 valence electrons. The molecule has 2 aliphatic heterocycles. The first-order valence-electron chi connectivity index (χ1n) is 51.0. The van der Waals surface area contributed by atoms with E-state index in [2.05, 4.69) is 110 Å². The summed E-state index contributed by atoms with van der Waals surface area (Å²) in [4.78, 5) is 256. The van der Waals surface area contributed by atoms with E-state index in [1.54, 1.807) is 74.6 Å². The number of aromatic amines is 3. The smallest absolute Gasteiger partial charge is 0.246 e. The lowest BCUT2D eigenvalue weighted by Gasteiger charge is -2.31. The summed E-state index contributed by atoms with van der Waals surface area (Å²) in [5.74, 6) is -15.3. The molecule has 0 spiro atoms. The summed E-state index contributed by atoms with van der Waals surface area (Å²) in [5, 5.41) is 78.8. The van der Waals surface area contributed by atoms with Gasteiger partial charge in [0.1, 0.15) is 78.9 Å². The first-order chi connectivity index (χ1) is 71.0. The van der Waals surface area contributed by atoms with Gasteiger partial charge >= 0.3 is 0 Å². The minimum Gasteiger partial charge on any atom is -0.391 e. The van der Waals surface area contributed by atoms with Crippen LogP contribution in [0.1, 0.15) is 216 Å². The number of amides is 17. The van der Waals surface area contributed by atoms with Gasteiger partial charge in [0.2, 0.25) is 100 Å². The van der Waals surface area contributed by atoms with Crippen LogP contribution < -0.4 is 103 Å². The van der Waals surface area contributed by atoms with Crippen molar-refractivity contribution in [2.45, 2.75) is 291 Å². The molecule has 51 nitrogen and oxygen atoms in total. The van der Waals surface area contributed by atoms with E-state index in [0.717, 1.165) is 54.1 Å². The molecule has 2 aliphatic rings. The Morgan fingerprint density at radius 2 is 1.18 bits per heavy atom. The summed E-state index contributed by atoms with van der Waals surface area (Å²) >= 11 is 0. The molecule has 5 aromatic rings. The summed E-state index contributed by atoms with van der Waals surface area (Å²) in [6.07, 6.45) is 15.8. The van der Waals surface area contributed by atoms with Crippen molar-refractivity contribution in [3.05, 3.63) is 96.0 Å². The summed E-state index contributed by atoms with van der Waals surface area (Å²) in [6.45, 7) is -0.626. The number of aryl methyl sites for hydroxylation is 1. The van der Waals surface area contributed by atoms with Gasteiger partial charge in [0.25, 0.3) is 0 Å². The zero-order chi connectivity index (χ0) is 108. The summed E-state index contributed by atoms with van der Waals surface area (Å²) in [6, 6.07) is -1.70. The SMILES string of the molecule is CCCC[C@H](NC(=O)CN(CCN(C)C)C(=O)[C@H](Cc1c[nH]cn1)NC(=O)[C@H](CCC(N)=O)NC(=O)[C@H](CNC(=N)N)NC(=O)[C@H](CCC(N)=O)NC(=O)COCCOCCNC(=O)CCCCCCCCCCCCCCCc1nnn[nH]1)C(=O)N[C@H]1CCC(=O)NCCCC[C@@H](C(N)=O)NC(=O)[C@H](Cc2c[nH]c3ccccc23)NC(=O)[C@H](CCCNC(=N)N)NC(=O)[C@@H](Cc2ccccc2)NC(=O)[C@@H]2C[C@@H](O)CN2C1=O. The van der Waals surface area contributed by atoms with Gasteiger partial charge in [-0.05, 0) is 112 Å². The zero-order valence-corrected chi connectivity index (χ0v) is 84.9. The van der Waals surface area contributed by atoms with Crippen LogP contribution in [0.2, 0.25) is 0 Å². The number of likely N-dealkylation sites (N-methyl/N-ethyl adjacent to an activating group) is 1. The number of guanidine groups is 2. The second kappa shape index (κ2) is 66.7. The van der Waals surface area contributed by atoms with Gasteiger partial charge in [0, 0.05) is 127 Å². The normalized spacial score (nSPS) is 18.2. The van der Waals surface area contributed by atoms with Crippen LogP contribution in [0.4, 0.5) is 0 Å². The summed E-state index contributed by atoms with van der Waals surface area (Å²) in [5.41, 5.74) is 30.3. The van der Waals surface area contributed by atoms with Gasteiger partial charge in [-0.2, -0.15) is 0 Å². The lowest BCUT2D eigenvalue weighted by molar-refractivity contribution is -0.143. The van der Waals surface area contributed by atoms with Gasteiger partial charge in [-0.15, -0.1) is 5.10 Å². The van der Waals surface area contributed by atoms with Crippen LogP contribution in [-0.2, 0) is 117 Å². The summed E-state index contributed by atoms with van der Waals surface area (Å²) in [7, 11) is 3.33. The van der Waals surface area contributed by atoms with Crippen molar-refractivity contribution in [1.29, 1.82) is 10.8 Å². The Kier molecular flexibility index (Phi) is 54.3. The maximum atomic E-state index is 15.5. The third-order valence-corrected chi connectivity index (χ3v) is 25.0. The van der Waals surface area contributed by atoms with Crippen molar-refractivity contribution >= 4 is 123 Å². The van der Waals surface area contributed by atoms with Crippen LogP contribution in [0.25, 0.3) is 10.9 Å². The first kappa shape index (κ1) is 121. The Labute approximate surface area is 859 Å². The molecule has 2 aromatic carbocycles. The quantitative estimate of drug-likeness (QED) is 0.0102. The number of ether oxygens (including phenoxy) is 2. The maximum absolute atomic E-state index is 15.5. The van der Waals surface area contributed by atoms with Crippen molar-refractivity contribution in [2.75, 3.05) is 92.9 Å². The Balaban J connectivity index is 1.02. The molecule has 148 heavy (non-hydrogen) atoms. The zero-order valence-electron chi connectivity index (χ0n) is 84.9. The van der Waals surface area contributed by atoms with Crippen LogP contribution in [0.15, 0.2) is 73.3 Å². The number of fused-ring (bicyclic) bond motifs is 2. The molecule has 0 saturated carbocycles. The molecule has 51 heteroatoms. The van der Waals surface area contributed by atoms with Crippen molar-refractivity contribution in [3.8, 4) is 0 Å². The van der Waals surface area contributed by atoms with Gasteiger partial charge in [-0.1, -0.05) is 139 Å². The molecule has 3 aromatic heterocycles. The van der Waals surface area contributed by atoms with Gasteiger partial charge < -0.3 is 142 Å². The number of carbonyl (C=O) groups excluding carboxylic acids is 17. The van der Waals surface area contributed by atoms with E-state index in [1.165, 1.54) is 63.9 Å². The fraction of sp³-hybridized carbons (Fsp3) is 0.619. The number of nitrogens with one attached hydrogen (secondary N) is 19. The van der Waals surface area contributed by atoms with Gasteiger partial charge in [0.05, 0.1) is 44.5 Å². The highest BCUT2D eigenvalue weighted by Gasteiger charge is 2.45. The number of hydrogen-bond acceptors (Lipinski definition) is 27. The number of para-hydroxylation sites is 1. The lowest BCUT2D eigenvalue weighted by Crippen LogP contribution is -2.61. The molecule has 5 heterocycles. The predicted octanol–water partition coefficient (Wildman–Crippen LogP) is -3.48. The average Bonchev–Trinajstić information content (AvgIpc) is 1.68. The van der Waals surface area contributed by atoms with Gasteiger partial charge in [-0.3, -0.25) is 92.3 Å². The Hall–Kier alpha value is -14.4. The molecule has 0 bridgehead atoms. The van der Waals surface area contributed by atoms with E-state index in [1.807, 2.05) is 12.1 Å². The van der Waals surface area contributed by atoms with Crippen LogP contribution >= 0.6 is 0 Å². The van der Waals surface area contributed by atoms with E-state index in [4.69, 9.17) is 49.0 Å². The highest BCUT2D eigenvalue weighted by Crippen LogP contribution is 2.25. The minimum absolute atomic E-state index is 0.0178. The number of H-pyrrole nitrogens is 3. The lowest BCUT2D eigenvalue weighted by atomic mass is 10.0. The van der Waals surface area contributed by atoms with Crippen LogP contribution in [0.5, 0.6) is 0 Å². The molecule has 2 saturated heterocycles. The molecule has 0 aliphatic carbocycles. The Bertz CT molecular complexity index is 5070. The van der Waals surface area contributed by atoms with E-state index in [-0.39, 0.29) is 128 Å². The molecule has 12 atom stereocenters. The molecular weight excluding hydrogens is 1920 g/mol. The Morgan fingerprint density at radius 1 is 0.581 bits per heavy atom. The van der Waals surface area contributed by atoms with Crippen molar-refractivity contribution in [3.63, 3.8) is 0 Å². The minimum atomic E-state index is -1.78. The highest BCUT2D eigenvalue weighted by atomic mass is 16.5. The molecule has 0 unspecified atom stereocenters. The van der Waals surface area contributed by atoms with Crippen LogP contribution in [0, 0.1) is 10.8 Å². The van der Waals surface area contributed by atoms with E-state index in [9.17, 15) is 62.6 Å². The van der Waals surface area contributed by atoms with Crippen LogP contribution in [-0.4, -0.2) is 333 Å². The first-order valence-corrected chi connectivity index (χ1v) is 51.0. The number of imidazole rings is 1. The topological polar surface area (TPSA) is 784 Å². The molecule has 0 radical (unpaired) electrons. The average molecular weight is 2070 g/mol. The Morgan fingerprint density at radius 3 is 1.83 bits per heavy atom. The number of benzene rings is 2. The number of aromatic nitrogens is 7.